The molecule has 0 bridgehead atoms. The van der Waals surface area contributed by atoms with Crippen LogP contribution in [0.25, 0.3) is 0 Å². The van der Waals surface area contributed by atoms with Crippen LogP contribution >= 0.6 is 0 Å². The molecule has 4 heteroatoms. The summed E-state index contributed by atoms with van der Waals surface area (Å²) in [6.07, 6.45) is 6.27. The van der Waals surface area contributed by atoms with Crippen molar-refractivity contribution >= 4 is 11.8 Å². The Labute approximate surface area is 120 Å². The number of carbonyl (C=O) groups is 1. The lowest BCUT2D eigenvalue weighted by Gasteiger charge is -2.17. The zero-order valence-corrected chi connectivity index (χ0v) is 12.6. The number of nitrogens with one attached hydrogen (secondary N) is 1. The SMILES string of the molecule is COC(=O)c1ccc(NC2CCCC(C)CC2)nc1C. The van der Waals surface area contributed by atoms with Crippen molar-refractivity contribution < 1.29 is 9.53 Å². The number of esters is 1. The van der Waals surface area contributed by atoms with Crippen LogP contribution < -0.4 is 5.32 Å². The van der Waals surface area contributed by atoms with Gasteiger partial charge in [0.1, 0.15) is 5.82 Å². The lowest BCUT2D eigenvalue weighted by atomic mass is 10.0. The third-order valence-corrected chi connectivity index (χ3v) is 4.10. The second-order valence-electron chi connectivity index (χ2n) is 5.78. The minimum Gasteiger partial charge on any atom is -0.465 e. The molecule has 2 rings (SSSR count). The average Bonchev–Trinajstić information content (AvgIpc) is 2.63. The van der Waals surface area contributed by atoms with E-state index >= 15 is 0 Å². The first-order valence-corrected chi connectivity index (χ1v) is 7.42. The summed E-state index contributed by atoms with van der Waals surface area (Å²) in [6, 6.07) is 4.15. The zero-order chi connectivity index (χ0) is 14.5. The Morgan fingerprint density at radius 3 is 2.80 bits per heavy atom. The molecular weight excluding hydrogens is 252 g/mol. The first-order chi connectivity index (χ1) is 9.60. The highest BCUT2D eigenvalue weighted by atomic mass is 16.5. The third-order valence-electron chi connectivity index (χ3n) is 4.10. The minimum atomic E-state index is -0.329. The fourth-order valence-corrected chi connectivity index (χ4v) is 2.81. The molecule has 1 saturated carbocycles. The Hall–Kier alpha value is -1.58. The smallest absolute Gasteiger partial charge is 0.339 e. The van der Waals surface area contributed by atoms with E-state index in [0.717, 1.165) is 11.7 Å². The summed E-state index contributed by atoms with van der Waals surface area (Å²) >= 11 is 0. The molecule has 2 atom stereocenters. The van der Waals surface area contributed by atoms with Crippen molar-refractivity contribution in [3.63, 3.8) is 0 Å². The van der Waals surface area contributed by atoms with Crippen LogP contribution in [0.15, 0.2) is 12.1 Å². The van der Waals surface area contributed by atoms with Crippen molar-refractivity contribution in [2.75, 3.05) is 12.4 Å². The molecule has 0 radical (unpaired) electrons. The number of carbonyl (C=O) groups excluding carboxylic acids is 1. The van der Waals surface area contributed by atoms with Gasteiger partial charge in [-0.3, -0.25) is 0 Å². The molecule has 110 valence electrons. The number of hydrogen-bond donors (Lipinski definition) is 1. The Morgan fingerprint density at radius 1 is 1.30 bits per heavy atom. The van der Waals surface area contributed by atoms with Crippen LogP contribution in [0.2, 0.25) is 0 Å². The molecule has 0 aromatic carbocycles. The summed E-state index contributed by atoms with van der Waals surface area (Å²) in [7, 11) is 1.39. The monoisotopic (exact) mass is 276 g/mol. The maximum atomic E-state index is 11.5. The molecule has 4 nitrogen and oxygen atoms in total. The molecular formula is C16H24N2O2. The summed E-state index contributed by atoms with van der Waals surface area (Å²) in [5, 5.41) is 3.50. The molecule has 1 heterocycles. The zero-order valence-electron chi connectivity index (χ0n) is 12.6. The predicted molar refractivity (Wildman–Crippen MR) is 80.0 cm³/mol. The number of methoxy groups -OCH3 is 1. The van der Waals surface area contributed by atoms with Gasteiger partial charge in [0.2, 0.25) is 0 Å². The van der Waals surface area contributed by atoms with Crippen LogP contribution in [0.1, 0.15) is 55.1 Å². The van der Waals surface area contributed by atoms with Crippen LogP contribution in [-0.2, 0) is 4.74 Å². The van der Waals surface area contributed by atoms with Gasteiger partial charge in [-0.1, -0.05) is 19.8 Å². The molecule has 1 aliphatic rings. The summed E-state index contributed by atoms with van der Waals surface area (Å²) < 4.78 is 4.74. The van der Waals surface area contributed by atoms with Crippen LogP contribution in [0.4, 0.5) is 5.82 Å². The fourth-order valence-electron chi connectivity index (χ4n) is 2.81. The Morgan fingerprint density at radius 2 is 2.10 bits per heavy atom. The molecule has 1 fully saturated rings. The Kier molecular flexibility index (Phi) is 4.99. The van der Waals surface area contributed by atoms with E-state index in [0.29, 0.717) is 17.3 Å². The van der Waals surface area contributed by atoms with Gasteiger partial charge in [0.05, 0.1) is 18.4 Å². The molecule has 1 aromatic heterocycles. The average molecular weight is 276 g/mol. The molecule has 1 aliphatic carbocycles. The molecule has 0 aliphatic heterocycles. The second kappa shape index (κ2) is 6.73. The Balaban J connectivity index is 2.03. The first kappa shape index (κ1) is 14.8. The number of nitrogens with zero attached hydrogens (tertiary/aromatic N) is 1. The van der Waals surface area contributed by atoms with E-state index < -0.39 is 0 Å². The lowest BCUT2D eigenvalue weighted by molar-refractivity contribution is 0.0599. The molecule has 0 amide bonds. The standard InChI is InChI=1S/C16H24N2O2/c1-11-5-4-6-13(8-7-11)18-15-10-9-14(12(2)17-15)16(19)20-3/h9-11,13H,4-8H2,1-3H3,(H,17,18). The number of rotatable bonds is 3. The number of aromatic nitrogens is 1. The number of aryl methyl sites for hydroxylation is 1. The molecule has 2 unspecified atom stereocenters. The van der Waals surface area contributed by atoms with E-state index in [2.05, 4.69) is 17.2 Å². The van der Waals surface area contributed by atoms with Gasteiger partial charge < -0.3 is 10.1 Å². The lowest BCUT2D eigenvalue weighted by Crippen LogP contribution is -2.19. The first-order valence-electron chi connectivity index (χ1n) is 7.42. The van der Waals surface area contributed by atoms with Gasteiger partial charge in [-0.25, -0.2) is 9.78 Å². The van der Waals surface area contributed by atoms with Gasteiger partial charge in [0.15, 0.2) is 0 Å². The highest BCUT2D eigenvalue weighted by Crippen LogP contribution is 2.24. The maximum absolute atomic E-state index is 11.5. The molecule has 20 heavy (non-hydrogen) atoms. The van der Waals surface area contributed by atoms with E-state index in [1.807, 2.05) is 13.0 Å². The number of hydrogen-bond acceptors (Lipinski definition) is 4. The van der Waals surface area contributed by atoms with E-state index in [4.69, 9.17) is 4.74 Å². The normalized spacial score (nSPS) is 22.9. The summed E-state index contributed by atoms with van der Waals surface area (Å²) in [4.78, 5) is 16.0. The van der Waals surface area contributed by atoms with Gasteiger partial charge >= 0.3 is 5.97 Å². The van der Waals surface area contributed by atoms with E-state index in [1.54, 1.807) is 6.07 Å². The van der Waals surface area contributed by atoms with Crippen molar-refractivity contribution in [2.24, 2.45) is 5.92 Å². The minimum absolute atomic E-state index is 0.329. The van der Waals surface area contributed by atoms with Gasteiger partial charge in [0.25, 0.3) is 0 Å². The molecule has 0 saturated heterocycles. The third kappa shape index (κ3) is 3.71. The quantitative estimate of drug-likeness (QED) is 0.677. The predicted octanol–water partition coefficient (Wildman–Crippen LogP) is 3.56. The van der Waals surface area contributed by atoms with E-state index in [9.17, 15) is 4.79 Å². The molecule has 1 aromatic rings. The number of anilines is 1. The molecule has 0 spiro atoms. The van der Waals surface area contributed by atoms with E-state index in [-0.39, 0.29) is 5.97 Å². The van der Waals surface area contributed by atoms with Crippen LogP contribution in [0, 0.1) is 12.8 Å². The number of ether oxygens (including phenoxy) is 1. The summed E-state index contributed by atoms with van der Waals surface area (Å²) in [5.41, 5.74) is 1.25. The van der Waals surface area contributed by atoms with Crippen molar-refractivity contribution in [1.29, 1.82) is 0 Å². The molecule has 1 N–H and O–H groups in total. The topological polar surface area (TPSA) is 51.2 Å². The van der Waals surface area contributed by atoms with Gasteiger partial charge in [-0.05, 0) is 44.2 Å². The fraction of sp³-hybridized carbons (Fsp3) is 0.625. The van der Waals surface area contributed by atoms with E-state index in [1.165, 1.54) is 39.2 Å². The van der Waals surface area contributed by atoms with Crippen molar-refractivity contribution in [1.82, 2.24) is 4.98 Å². The highest BCUT2D eigenvalue weighted by Gasteiger charge is 2.17. The highest BCUT2D eigenvalue weighted by molar-refractivity contribution is 5.90. The van der Waals surface area contributed by atoms with Crippen molar-refractivity contribution in [3.05, 3.63) is 23.4 Å². The van der Waals surface area contributed by atoms with Crippen LogP contribution in [0.5, 0.6) is 0 Å². The second-order valence-corrected chi connectivity index (χ2v) is 5.78. The summed E-state index contributed by atoms with van der Waals surface area (Å²) in [6.45, 7) is 4.17. The van der Waals surface area contributed by atoms with Crippen LogP contribution in [0.3, 0.4) is 0 Å². The van der Waals surface area contributed by atoms with Crippen LogP contribution in [-0.4, -0.2) is 24.1 Å². The van der Waals surface area contributed by atoms with Gasteiger partial charge in [-0.2, -0.15) is 0 Å². The number of pyridine rings is 1. The largest absolute Gasteiger partial charge is 0.465 e. The van der Waals surface area contributed by atoms with Gasteiger partial charge in [-0.15, -0.1) is 0 Å². The Bertz CT molecular complexity index is 474. The maximum Gasteiger partial charge on any atom is 0.339 e. The summed E-state index contributed by atoms with van der Waals surface area (Å²) in [5.74, 6) is 1.36. The van der Waals surface area contributed by atoms with Crippen molar-refractivity contribution in [3.8, 4) is 0 Å². The van der Waals surface area contributed by atoms with Gasteiger partial charge in [0, 0.05) is 6.04 Å². The van der Waals surface area contributed by atoms with Crippen molar-refractivity contribution in [2.45, 2.75) is 52.0 Å².